The third kappa shape index (κ3) is 5.30. The molecule has 12 heteroatoms. The van der Waals surface area contributed by atoms with Crippen molar-refractivity contribution >= 4 is 34.5 Å². The highest BCUT2D eigenvalue weighted by molar-refractivity contribution is 6.32. The minimum Gasteiger partial charge on any atom is -0.493 e. The number of aryl methyl sites for hydroxylation is 1. The zero-order chi connectivity index (χ0) is 24.3. The van der Waals surface area contributed by atoms with E-state index < -0.39 is 17.6 Å². The largest absolute Gasteiger partial charge is 0.493 e. The van der Waals surface area contributed by atoms with Crippen LogP contribution in [0.25, 0.3) is 22.4 Å². The van der Waals surface area contributed by atoms with Gasteiger partial charge in [0.1, 0.15) is 5.82 Å². The number of rotatable bonds is 7. The van der Waals surface area contributed by atoms with Gasteiger partial charge >= 0.3 is 6.18 Å². The van der Waals surface area contributed by atoms with E-state index in [0.29, 0.717) is 34.8 Å². The van der Waals surface area contributed by atoms with Crippen LogP contribution in [0.15, 0.2) is 35.3 Å². The van der Waals surface area contributed by atoms with Gasteiger partial charge in [0, 0.05) is 18.5 Å². The number of alkyl halides is 3. The number of carbonyl (C=O) groups excluding carboxylic acids is 1. The number of aromatic nitrogens is 2. The molecule has 3 aromatic rings. The second-order valence-electron chi connectivity index (χ2n) is 7.02. The van der Waals surface area contributed by atoms with Crippen molar-refractivity contribution in [1.82, 2.24) is 9.55 Å². The number of nitrogens with two attached hydrogens (primary N) is 2. The van der Waals surface area contributed by atoms with Crippen LogP contribution in [-0.4, -0.2) is 35.6 Å². The molecule has 1 aromatic heterocycles. The molecule has 0 saturated carbocycles. The standard InChI is InChI=1S/C21H21ClF3N5O3/c1-32-16-9-11(8-13(22)18(16)33-2)19-28-14-10-12(21(23,24)25)5-6-15(14)30(19)7-3-4-17(31)29-20(26)27/h5-6,8-10H,3-4,7H2,1-2H3,(H4,26,27,29,31). The summed E-state index contributed by atoms with van der Waals surface area (Å²) < 4.78 is 51.9. The molecular formula is C21H21ClF3N5O3. The summed E-state index contributed by atoms with van der Waals surface area (Å²) in [5.74, 6) is 0.148. The van der Waals surface area contributed by atoms with Crippen LogP contribution in [0, 0.1) is 0 Å². The Morgan fingerprint density at radius 3 is 2.52 bits per heavy atom. The molecule has 33 heavy (non-hydrogen) atoms. The summed E-state index contributed by atoms with van der Waals surface area (Å²) in [4.78, 5) is 19.7. The van der Waals surface area contributed by atoms with Gasteiger partial charge < -0.3 is 25.5 Å². The quantitative estimate of drug-likeness (QED) is 0.388. The molecule has 4 N–H and O–H groups in total. The molecule has 0 aliphatic heterocycles. The van der Waals surface area contributed by atoms with Crippen molar-refractivity contribution in [2.24, 2.45) is 16.5 Å². The van der Waals surface area contributed by atoms with Crippen molar-refractivity contribution in [2.75, 3.05) is 14.2 Å². The number of imidazole rings is 1. The Kier molecular flexibility index (Phi) is 7.01. The summed E-state index contributed by atoms with van der Waals surface area (Å²) >= 11 is 6.32. The van der Waals surface area contributed by atoms with Gasteiger partial charge in [-0.25, -0.2) is 4.98 Å². The second kappa shape index (κ2) is 9.57. The minimum atomic E-state index is -4.52. The highest BCUT2D eigenvalue weighted by Gasteiger charge is 2.31. The molecule has 1 amide bonds. The maximum absolute atomic E-state index is 13.2. The molecule has 2 aromatic carbocycles. The lowest BCUT2D eigenvalue weighted by atomic mass is 10.1. The van der Waals surface area contributed by atoms with E-state index in [1.807, 2.05) is 0 Å². The molecule has 0 aliphatic carbocycles. The summed E-state index contributed by atoms with van der Waals surface area (Å²) in [5.41, 5.74) is 10.7. The van der Waals surface area contributed by atoms with E-state index in [2.05, 4.69) is 9.98 Å². The first-order valence-electron chi connectivity index (χ1n) is 9.67. The summed E-state index contributed by atoms with van der Waals surface area (Å²) in [7, 11) is 2.87. The predicted molar refractivity (Wildman–Crippen MR) is 118 cm³/mol. The molecule has 3 rings (SSSR count). The molecule has 176 valence electrons. The second-order valence-corrected chi connectivity index (χ2v) is 7.42. The third-order valence-corrected chi connectivity index (χ3v) is 5.07. The molecule has 0 aliphatic rings. The Morgan fingerprint density at radius 1 is 1.18 bits per heavy atom. The molecule has 1 heterocycles. The van der Waals surface area contributed by atoms with Crippen LogP contribution in [0.2, 0.25) is 5.02 Å². The van der Waals surface area contributed by atoms with Gasteiger partial charge in [0.2, 0.25) is 5.91 Å². The van der Waals surface area contributed by atoms with E-state index >= 15 is 0 Å². The van der Waals surface area contributed by atoms with Gasteiger partial charge in [0.25, 0.3) is 0 Å². The number of hydrogen-bond donors (Lipinski definition) is 2. The van der Waals surface area contributed by atoms with Gasteiger partial charge in [-0.05, 0) is 36.8 Å². The SMILES string of the molecule is COc1cc(-c2nc3cc(C(F)(F)F)ccc3n2CCCC(=O)N=C(N)N)cc(Cl)c1OC. The van der Waals surface area contributed by atoms with E-state index in [9.17, 15) is 18.0 Å². The van der Waals surface area contributed by atoms with Crippen molar-refractivity contribution in [1.29, 1.82) is 0 Å². The van der Waals surface area contributed by atoms with Gasteiger partial charge in [0.15, 0.2) is 17.5 Å². The minimum absolute atomic E-state index is 0.0321. The Morgan fingerprint density at radius 2 is 1.91 bits per heavy atom. The van der Waals surface area contributed by atoms with Gasteiger partial charge in [-0.1, -0.05) is 11.6 Å². The van der Waals surface area contributed by atoms with Crippen molar-refractivity contribution in [3.05, 3.63) is 40.9 Å². The lowest BCUT2D eigenvalue weighted by molar-refractivity contribution is -0.137. The normalized spacial score (nSPS) is 11.5. The number of halogens is 4. The lowest BCUT2D eigenvalue weighted by Crippen LogP contribution is -2.24. The fraction of sp³-hybridized carbons (Fsp3) is 0.286. The number of fused-ring (bicyclic) bond motifs is 1. The van der Waals surface area contributed by atoms with Gasteiger partial charge in [0.05, 0.1) is 35.8 Å². The number of nitrogens with zero attached hydrogens (tertiary/aromatic N) is 3. The van der Waals surface area contributed by atoms with Crippen LogP contribution in [0.1, 0.15) is 18.4 Å². The molecule has 0 radical (unpaired) electrons. The van der Waals surface area contributed by atoms with Crippen molar-refractivity contribution in [3.63, 3.8) is 0 Å². The highest BCUT2D eigenvalue weighted by Crippen LogP contribution is 2.40. The summed E-state index contributed by atoms with van der Waals surface area (Å²) in [5, 5.41) is 0.240. The van der Waals surface area contributed by atoms with Crippen molar-refractivity contribution in [2.45, 2.75) is 25.6 Å². The molecule has 0 fully saturated rings. The van der Waals surface area contributed by atoms with Crippen LogP contribution in [0.3, 0.4) is 0 Å². The number of aliphatic imine (C=N–C) groups is 1. The first kappa shape index (κ1) is 24.2. The topological polar surface area (TPSA) is 118 Å². The number of amides is 1. The Hall–Kier alpha value is -3.47. The predicted octanol–water partition coefficient (Wildman–Crippen LogP) is 3.97. The molecule has 0 bridgehead atoms. The Bertz CT molecular complexity index is 1220. The Balaban J connectivity index is 2.10. The average Bonchev–Trinajstić information content (AvgIpc) is 3.10. The van der Waals surface area contributed by atoms with Crippen LogP contribution < -0.4 is 20.9 Å². The van der Waals surface area contributed by atoms with Crippen molar-refractivity contribution in [3.8, 4) is 22.9 Å². The number of carbonyl (C=O) groups is 1. The first-order chi connectivity index (χ1) is 15.5. The maximum atomic E-state index is 13.2. The number of hydrogen-bond acceptors (Lipinski definition) is 4. The summed E-state index contributed by atoms with van der Waals surface area (Å²) in [6.07, 6.45) is -4.17. The van der Waals surface area contributed by atoms with E-state index in [1.54, 1.807) is 16.7 Å². The van der Waals surface area contributed by atoms with Gasteiger partial charge in [-0.3, -0.25) is 4.79 Å². The smallest absolute Gasteiger partial charge is 0.416 e. The summed E-state index contributed by atoms with van der Waals surface area (Å²) in [6, 6.07) is 6.50. The zero-order valence-electron chi connectivity index (χ0n) is 17.7. The Labute approximate surface area is 191 Å². The fourth-order valence-electron chi connectivity index (χ4n) is 3.39. The van der Waals surface area contributed by atoms with Crippen LogP contribution in [-0.2, 0) is 17.5 Å². The summed E-state index contributed by atoms with van der Waals surface area (Å²) in [6.45, 7) is 0.259. The molecular weight excluding hydrogens is 463 g/mol. The van der Waals surface area contributed by atoms with Crippen LogP contribution in [0.4, 0.5) is 13.2 Å². The zero-order valence-corrected chi connectivity index (χ0v) is 18.5. The van der Waals surface area contributed by atoms with Crippen LogP contribution in [0.5, 0.6) is 11.5 Å². The highest BCUT2D eigenvalue weighted by atomic mass is 35.5. The first-order valence-corrected chi connectivity index (χ1v) is 10.0. The van der Waals surface area contributed by atoms with E-state index in [-0.39, 0.29) is 29.5 Å². The number of ether oxygens (including phenoxy) is 2. The van der Waals surface area contributed by atoms with Gasteiger partial charge in [-0.2, -0.15) is 18.2 Å². The fourth-order valence-corrected chi connectivity index (χ4v) is 3.68. The van der Waals surface area contributed by atoms with Crippen LogP contribution >= 0.6 is 11.6 Å². The molecule has 0 atom stereocenters. The average molecular weight is 484 g/mol. The maximum Gasteiger partial charge on any atom is 0.416 e. The van der Waals surface area contributed by atoms with E-state index in [4.69, 9.17) is 32.5 Å². The van der Waals surface area contributed by atoms with E-state index in [1.165, 1.54) is 20.3 Å². The number of benzene rings is 2. The molecule has 0 saturated heterocycles. The monoisotopic (exact) mass is 483 g/mol. The lowest BCUT2D eigenvalue weighted by Gasteiger charge is -2.13. The molecule has 0 unspecified atom stereocenters. The third-order valence-electron chi connectivity index (χ3n) is 4.79. The van der Waals surface area contributed by atoms with Crippen molar-refractivity contribution < 1.29 is 27.4 Å². The molecule has 0 spiro atoms. The number of guanidine groups is 1. The molecule has 8 nitrogen and oxygen atoms in total. The van der Waals surface area contributed by atoms with Gasteiger partial charge in [-0.15, -0.1) is 0 Å². The van der Waals surface area contributed by atoms with E-state index in [0.717, 1.165) is 12.1 Å². The number of methoxy groups -OCH3 is 2.